The fraction of sp³-hybridized carbons (Fsp3) is 0.952. The highest BCUT2D eigenvalue weighted by Crippen LogP contribution is 2.53. The Hall–Kier alpha value is -0.420. The lowest BCUT2D eigenvalue weighted by Gasteiger charge is -2.45. The third kappa shape index (κ3) is 7.44. The molecule has 0 aromatic carbocycles. The highest BCUT2D eigenvalue weighted by Gasteiger charge is 2.49. The first-order valence-corrected chi connectivity index (χ1v) is 11.6. The lowest BCUT2D eigenvalue weighted by molar-refractivity contribution is -0.180. The van der Waals surface area contributed by atoms with Crippen LogP contribution in [0, 0.1) is 16.2 Å². The van der Waals surface area contributed by atoms with Gasteiger partial charge in [0.1, 0.15) is 5.60 Å². The van der Waals surface area contributed by atoms with Crippen LogP contribution in [0.15, 0.2) is 0 Å². The summed E-state index contributed by atoms with van der Waals surface area (Å²) in [6.07, 6.45) is 1.20. The number of carbonyl (C=O) groups excluding carboxylic acids is 1. The normalized spacial score (nSPS) is 18.3. The second kappa shape index (κ2) is 8.75. The zero-order chi connectivity index (χ0) is 22.8. The quantitative estimate of drug-likeness (QED) is 0.376. The van der Waals surface area contributed by atoms with E-state index in [1.54, 1.807) is 20.8 Å². The molecule has 0 rings (SSSR count). The highest BCUT2D eigenvalue weighted by molar-refractivity contribution is 7.53. The maximum absolute atomic E-state index is 13.2. The molecule has 0 fully saturated rings. The van der Waals surface area contributed by atoms with Crippen molar-refractivity contribution in [1.82, 2.24) is 0 Å². The molecule has 6 nitrogen and oxygen atoms in total. The zero-order valence-corrected chi connectivity index (χ0v) is 20.7. The average molecular weight is 423 g/mol. The number of hydrogen-bond acceptors (Lipinski definition) is 4. The van der Waals surface area contributed by atoms with Crippen molar-refractivity contribution in [2.45, 2.75) is 106 Å². The van der Waals surface area contributed by atoms with E-state index in [2.05, 4.69) is 20.8 Å². The molecule has 2 unspecified atom stereocenters. The van der Waals surface area contributed by atoms with Gasteiger partial charge in [0, 0.05) is 6.42 Å². The summed E-state index contributed by atoms with van der Waals surface area (Å²) in [6.45, 7) is 21.2. The molecule has 0 saturated carbocycles. The fourth-order valence-electron chi connectivity index (χ4n) is 3.03. The Kier molecular flexibility index (Phi) is 8.62. The Labute approximate surface area is 171 Å². The Balaban J connectivity index is 5.26. The van der Waals surface area contributed by atoms with Gasteiger partial charge in [-0.1, -0.05) is 48.5 Å². The summed E-state index contributed by atoms with van der Waals surface area (Å²) >= 11 is 0. The molecule has 0 bridgehead atoms. The summed E-state index contributed by atoms with van der Waals surface area (Å²) in [7, 11) is -4.40. The zero-order valence-electron chi connectivity index (χ0n) is 19.8. The molecule has 2 atom stereocenters. The van der Waals surface area contributed by atoms with E-state index in [9.17, 15) is 19.1 Å². The van der Waals surface area contributed by atoms with Crippen molar-refractivity contribution < 1.29 is 28.6 Å². The molecular weight excluding hydrogens is 379 g/mol. The van der Waals surface area contributed by atoms with Gasteiger partial charge in [0.25, 0.3) is 0 Å². The van der Waals surface area contributed by atoms with Crippen LogP contribution in [-0.2, 0) is 18.8 Å². The predicted molar refractivity (Wildman–Crippen MR) is 113 cm³/mol. The van der Waals surface area contributed by atoms with Crippen molar-refractivity contribution >= 4 is 13.6 Å². The molecule has 0 radical (unpaired) electrons. The van der Waals surface area contributed by atoms with Gasteiger partial charge in [0.15, 0.2) is 5.34 Å². The molecule has 0 heterocycles. The minimum absolute atomic E-state index is 0.0410. The number of hydrogen-bond donors (Lipinski definition) is 2. The molecule has 0 spiro atoms. The van der Waals surface area contributed by atoms with Crippen molar-refractivity contribution in [1.29, 1.82) is 0 Å². The van der Waals surface area contributed by atoms with Crippen LogP contribution in [0.3, 0.4) is 0 Å². The van der Waals surface area contributed by atoms with Gasteiger partial charge < -0.3 is 19.3 Å². The van der Waals surface area contributed by atoms with E-state index in [0.717, 1.165) is 0 Å². The van der Waals surface area contributed by atoms with Gasteiger partial charge in [-0.3, -0.25) is 9.36 Å². The van der Waals surface area contributed by atoms with Crippen LogP contribution in [0.5, 0.6) is 0 Å². The Bertz CT molecular complexity index is 581. The molecule has 7 heteroatoms. The maximum atomic E-state index is 13.2. The van der Waals surface area contributed by atoms with Crippen molar-refractivity contribution in [3.8, 4) is 0 Å². The van der Waals surface area contributed by atoms with Gasteiger partial charge in [-0.15, -0.1) is 0 Å². The monoisotopic (exact) mass is 422 g/mol. The Morgan fingerprint density at radius 2 is 1.39 bits per heavy atom. The smallest absolute Gasteiger partial charge is 0.356 e. The largest absolute Gasteiger partial charge is 0.459 e. The minimum Gasteiger partial charge on any atom is -0.459 e. The van der Waals surface area contributed by atoms with Crippen molar-refractivity contribution in [2.24, 2.45) is 16.2 Å². The molecule has 2 N–H and O–H groups in total. The average Bonchev–Trinajstić information content (AvgIpc) is 2.41. The Morgan fingerprint density at radius 1 is 0.929 bits per heavy atom. The van der Waals surface area contributed by atoms with Gasteiger partial charge in [0.05, 0.1) is 12.0 Å². The Morgan fingerprint density at radius 3 is 1.71 bits per heavy atom. The standard InChI is InChI=1S/C21H43O6P/c1-12-21(11,28(23,24)25)26-14-13-19(8,9)27-16(22)20(10,18(5,6)7)15-17(2,3)4/h12-15H2,1-11H3,(H2,23,24,25). The highest BCUT2D eigenvalue weighted by atomic mass is 31.2. The maximum Gasteiger partial charge on any atom is 0.356 e. The lowest BCUT2D eigenvalue weighted by atomic mass is 9.61. The van der Waals surface area contributed by atoms with Crippen molar-refractivity contribution in [3.05, 3.63) is 0 Å². The lowest BCUT2D eigenvalue weighted by Crippen LogP contribution is -2.47. The predicted octanol–water partition coefficient (Wildman–Crippen LogP) is 5.51. The molecule has 0 aromatic rings. The molecule has 0 amide bonds. The van der Waals surface area contributed by atoms with Crippen LogP contribution < -0.4 is 0 Å². The van der Waals surface area contributed by atoms with E-state index in [1.807, 2.05) is 27.7 Å². The summed E-state index contributed by atoms with van der Waals surface area (Å²) in [5.74, 6) is -0.256. The third-order valence-electron chi connectivity index (χ3n) is 5.75. The van der Waals surface area contributed by atoms with Crippen molar-refractivity contribution in [3.63, 3.8) is 0 Å². The van der Waals surface area contributed by atoms with Crippen LogP contribution in [-0.4, -0.2) is 33.3 Å². The second-order valence-corrected chi connectivity index (χ2v) is 13.2. The molecule has 0 aromatic heterocycles. The van der Waals surface area contributed by atoms with E-state index in [1.165, 1.54) is 6.92 Å². The molecule has 0 aliphatic carbocycles. The third-order valence-corrected chi connectivity index (χ3v) is 7.43. The molecule has 0 aliphatic rings. The van der Waals surface area contributed by atoms with E-state index in [-0.39, 0.29) is 29.8 Å². The van der Waals surface area contributed by atoms with Crippen LogP contribution >= 0.6 is 7.60 Å². The van der Waals surface area contributed by atoms with Crippen LogP contribution in [0.1, 0.15) is 95.4 Å². The number of rotatable bonds is 9. The fourth-order valence-corrected chi connectivity index (χ4v) is 3.70. The topological polar surface area (TPSA) is 93.1 Å². The van der Waals surface area contributed by atoms with Gasteiger partial charge in [-0.25, -0.2) is 0 Å². The first-order chi connectivity index (χ1) is 12.1. The van der Waals surface area contributed by atoms with Crippen molar-refractivity contribution in [2.75, 3.05) is 6.61 Å². The summed E-state index contributed by atoms with van der Waals surface area (Å²) in [5.41, 5.74) is -1.82. The summed E-state index contributed by atoms with van der Waals surface area (Å²) < 4.78 is 23.1. The second-order valence-electron chi connectivity index (χ2n) is 11.1. The van der Waals surface area contributed by atoms with Crippen LogP contribution in [0.2, 0.25) is 0 Å². The van der Waals surface area contributed by atoms with Gasteiger partial charge >= 0.3 is 13.6 Å². The van der Waals surface area contributed by atoms with E-state index >= 15 is 0 Å². The molecule has 0 saturated heterocycles. The first-order valence-electron chi connectivity index (χ1n) is 10.0. The first kappa shape index (κ1) is 27.6. The molecule has 0 aliphatic heterocycles. The minimum atomic E-state index is -4.40. The van der Waals surface area contributed by atoms with E-state index < -0.39 is 24.0 Å². The van der Waals surface area contributed by atoms with E-state index in [0.29, 0.717) is 12.8 Å². The van der Waals surface area contributed by atoms with Gasteiger partial charge in [0.2, 0.25) is 0 Å². The summed E-state index contributed by atoms with van der Waals surface area (Å²) in [6, 6.07) is 0. The number of carbonyl (C=O) groups is 1. The van der Waals surface area contributed by atoms with Crippen LogP contribution in [0.25, 0.3) is 0 Å². The van der Waals surface area contributed by atoms with Crippen LogP contribution in [0.4, 0.5) is 0 Å². The summed E-state index contributed by atoms with van der Waals surface area (Å²) in [4.78, 5) is 32.2. The molecular formula is C21H43O6P. The molecule has 28 heavy (non-hydrogen) atoms. The number of ether oxygens (including phenoxy) is 2. The summed E-state index contributed by atoms with van der Waals surface area (Å²) in [5, 5.41) is -1.53. The number of esters is 1. The van der Waals surface area contributed by atoms with Gasteiger partial charge in [-0.05, 0) is 51.4 Å². The molecule has 168 valence electrons. The van der Waals surface area contributed by atoms with Gasteiger partial charge in [-0.2, -0.15) is 0 Å². The SMILES string of the molecule is CCC(C)(OCCC(C)(C)OC(=O)C(C)(CC(C)(C)C)C(C)(C)C)P(=O)(O)O. The van der Waals surface area contributed by atoms with E-state index in [4.69, 9.17) is 9.47 Å².